The monoisotopic (exact) mass is 558 g/mol. The van der Waals surface area contributed by atoms with Crippen LogP contribution >= 0.6 is 0 Å². The molecule has 4 heteroatoms. The lowest BCUT2D eigenvalue weighted by molar-refractivity contribution is -0.212. The van der Waals surface area contributed by atoms with Crippen LogP contribution < -0.4 is 0 Å². The van der Waals surface area contributed by atoms with Gasteiger partial charge in [0.05, 0.1) is 5.41 Å². The highest BCUT2D eigenvalue weighted by Gasteiger charge is 2.71. The van der Waals surface area contributed by atoms with Crippen LogP contribution in [0.4, 0.5) is 0 Å². The summed E-state index contributed by atoms with van der Waals surface area (Å²) in [6.07, 6.45) is 7.91. The number of hydrogen-bond acceptors (Lipinski definition) is 4. The van der Waals surface area contributed by atoms with E-state index >= 15 is 0 Å². The molecule has 4 fully saturated rings. The van der Waals surface area contributed by atoms with Crippen LogP contribution in [0, 0.1) is 50.7 Å². The molecule has 0 bridgehead atoms. The zero-order chi connectivity index (χ0) is 29.6. The molecule has 0 saturated heterocycles. The van der Waals surface area contributed by atoms with Gasteiger partial charge in [-0.05, 0) is 102 Å². The van der Waals surface area contributed by atoms with Crippen LogP contribution in [-0.2, 0) is 25.7 Å². The fourth-order valence-corrected chi connectivity index (χ4v) is 11.5. The highest BCUT2D eigenvalue weighted by atomic mass is 16.5. The molecule has 222 valence electrons. The first kappa shape index (κ1) is 28.9. The van der Waals surface area contributed by atoms with E-state index in [1.54, 1.807) is 0 Å². The summed E-state index contributed by atoms with van der Waals surface area (Å²) in [6, 6.07) is 9.86. The number of ketones is 2. The predicted molar refractivity (Wildman–Crippen MR) is 161 cm³/mol. The third-order valence-electron chi connectivity index (χ3n) is 13.8. The molecule has 0 aliphatic heterocycles. The quantitative estimate of drug-likeness (QED) is 0.349. The first-order valence-corrected chi connectivity index (χ1v) is 16.2. The van der Waals surface area contributed by atoms with Crippen LogP contribution in [0.2, 0.25) is 0 Å². The topological polar surface area (TPSA) is 60.4 Å². The molecule has 1 aromatic carbocycles. The maximum atomic E-state index is 14.1. The van der Waals surface area contributed by atoms with Crippen LogP contribution in [0.15, 0.2) is 41.5 Å². The Bertz CT molecular complexity index is 1310. The van der Waals surface area contributed by atoms with E-state index in [1.165, 1.54) is 0 Å². The van der Waals surface area contributed by atoms with Crippen molar-refractivity contribution in [1.29, 1.82) is 0 Å². The highest BCUT2D eigenvalue weighted by Crippen LogP contribution is 2.76. The number of hydrogen-bond donors (Lipinski definition) is 0. The van der Waals surface area contributed by atoms with Crippen LogP contribution in [-0.4, -0.2) is 17.5 Å². The van der Waals surface area contributed by atoms with Gasteiger partial charge in [-0.25, -0.2) is 0 Å². The minimum absolute atomic E-state index is 0.00119. The van der Waals surface area contributed by atoms with E-state index in [-0.39, 0.29) is 58.3 Å². The lowest BCUT2D eigenvalue weighted by Gasteiger charge is -2.71. The van der Waals surface area contributed by atoms with Crippen molar-refractivity contribution in [2.45, 2.75) is 113 Å². The second-order valence-electron chi connectivity index (χ2n) is 16.0. The molecule has 0 spiro atoms. The Morgan fingerprint density at radius 1 is 0.878 bits per heavy atom. The molecule has 0 heterocycles. The van der Waals surface area contributed by atoms with Gasteiger partial charge in [-0.15, -0.1) is 0 Å². The summed E-state index contributed by atoms with van der Waals surface area (Å²) < 4.78 is 6.06. The van der Waals surface area contributed by atoms with Crippen molar-refractivity contribution in [2.24, 2.45) is 50.7 Å². The molecule has 0 unspecified atom stereocenters. The average molecular weight is 559 g/mol. The Hall–Kier alpha value is -2.23. The lowest BCUT2D eigenvalue weighted by atomic mass is 9.33. The van der Waals surface area contributed by atoms with E-state index in [9.17, 15) is 14.4 Å². The van der Waals surface area contributed by atoms with Gasteiger partial charge >= 0.3 is 5.97 Å². The van der Waals surface area contributed by atoms with Gasteiger partial charge in [-0.2, -0.15) is 0 Å². The normalized spacial score (nSPS) is 41.4. The summed E-state index contributed by atoms with van der Waals surface area (Å²) in [4.78, 5) is 40.9. The zero-order valence-corrected chi connectivity index (χ0v) is 26.4. The van der Waals surface area contributed by atoms with Gasteiger partial charge in [-0.3, -0.25) is 14.4 Å². The number of esters is 1. The van der Waals surface area contributed by atoms with E-state index in [2.05, 4.69) is 48.5 Å². The van der Waals surface area contributed by atoms with Gasteiger partial charge < -0.3 is 4.74 Å². The molecule has 5 aliphatic rings. The minimum Gasteiger partial charge on any atom is -0.460 e. The van der Waals surface area contributed by atoms with E-state index in [0.29, 0.717) is 30.5 Å². The summed E-state index contributed by atoms with van der Waals surface area (Å²) in [5.74, 6) is 1.67. The number of ether oxygens (including phenoxy) is 1. The Balaban J connectivity index is 1.39. The maximum absolute atomic E-state index is 14.1. The zero-order valence-electron chi connectivity index (χ0n) is 26.4. The van der Waals surface area contributed by atoms with Crippen molar-refractivity contribution >= 4 is 17.5 Å². The Morgan fingerprint density at radius 2 is 1.59 bits per heavy atom. The SMILES string of the molecule is CC(C)C1=C2[C@H]3CC[C@H]4[C@]5(C)CCC(=O)C(C)(C)[C@H]5CC[C@]4(C)[C@@]3(C)CC[C@]2(C(=O)OCc2ccccc2)CC1=O. The molecule has 41 heavy (non-hydrogen) atoms. The predicted octanol–water partition coefficient (Wildman–Crippen LogP) is 8.28. The Labute approximate surface area is 247 Å². The molecule has 0 aromatic heterocycles. The molecule has 4 saturated carbocycles. The number of benzene rings is 1. The third-order valence-corrected chi connectivity index (χ3v) is 13.8. The Morgan fingerprint density at radius 3 is 2.27 bits per heavy atom. The largest absolute Gasteiger partial charge is 0.460 e. The first-order valence-electron chi connectivity index (χ1n) is 16.2. The fraction of sp³-hybridized carbons (Fsp3) is 0.703. The molecule has 0 radical (unpaired) electrons. The van der Waals surface area contributed by atoms with Crippen molar-refractivity contribution in [3.8, 4) is 0 Å². The van der Waals surface area contributed by atoms with Gasteiger partial charge in [-0.1, -0.05) is 78.8 Å². The van der Waals surface area contributed by atoms with Crippen LogP contribution in [0.25, 0.3) is 0 Å². The standard InChI is InChI=1S/C37H50O4/c1-23(2)30-26(38)21-37(32(40)41-22-24-11-9-8-10-12-24)20-19-35(6)25(31(30)37)13-14-28-34(5)17-16-29(39)33(3,4)27(34)15-18-36(28,35)7/h8-12,23,25,27-28H,13-22H2,1-7H3/t25-,27-,28+,34-,35+,36+,37+/m1/s1. The van der Waals surface area contributed by atoms with E-state index in [4.69, 9.17) is 4.74 Å². The number of fused-ring (bicyclic) bond motifs is 7. The van der Waals surface area contributed by atoms with Crippen molar-refractivity contribution in [3.63, 3.8) is 0 Å². The van der Waals surface area contributed by atoms with E-state index in [1.807, 2.05) is 30.3 Å². The van der Waals surface area contributed by atoms with Gasteiger partial charge in [0.1, 0.15) is 12.4 Å². The molecular weight excluding hydrogens is 508 g/mol. The summed E-state index contributed by atoms with van der Waals surface area (Å²) >= 11 is 0. The number of carbonyl (C=O) groups excluding carboxylic acids is 3. The molecule has 6 rings (SSSR count). The smallest absolute Gasteiger partial charge is 0.317 e. The molecule has 0 N–H and O–H groups in total. The fourth-order valence-electron chi connectivity index (χ4n) is 11.5. The lowest BCUT2D eigenvalue weighted by Crippen LogP contribution is -2.65. The molecule has 0 amide bonds. The first-order chi connectivity index (χ1) is 19.2. The maximum Gasteiger partial charge on any atom is 0.317 e. The van der Waals surface area contributed by atoms with Gasteiger partial charge in [0.2, 0.25) is 0 Å². The van der Waals surface area contributed by atoms with Crippen molar-refractivity contribution < 1.29 is 19.1 Å². The number of rotatable bonds is 4. The second kappa shape index (κ2) is 9.38. The number of allylic oxidation sites excluding steroid dienone is 1. The molecular formula is C37H50O4. The molecule has 5 aliphatic carbocycles. The molecule has 1 aromatic rings. The van der Waals surface area contributed by atoms with Crippen LogP contribution in [0.1, 0.15) is 112 Å². The molecule has 7 atom stereocenters. The van der Waals surface area contributed by atoms with Crippen molar-refractivity contribution in [1.82, 2.24) is 0 Å². The minimum atomic E-state index is -0.820. The summed E-state index contributed by atoms with van der Waals surface area (Å²) in [7, 11) is 0. The summed E-state index contributed by atoms with van der Waals surface area (Å²) in [6.45, 7) is 16.4. The third kappa shape index (κ3) is 3.80. The number of carbonyl (C=O) groups is 3. The van der Waals surface area contributed by atoms with Gasteiger partial charge in [0.25, 0.3) is 0 Å². The van der Waals surface area contributed by atoms with E-state index < -0.39 is 5.41 Å². The van der Waals surface area contributed by atoms with Crippen molar-refractivity contribution in [3.05, 3.63) is 47.0 Å². The summed E-state index contributed by atoms with van der Waals surface area (Å²) in [5.41, 5.74) is 2.20. The molecule has 4 nitrogen and oxygen atoms in total. The van der Waals surface area contributed by atoms with Crippen LogP contribution in [0.3, 0.4) is 0 Å². The van der Waals surface area contributed by atoms with Crippen molar-refractivity contribution in [2.75, 3.05) is 0 Å². The van der Waals surface area contributed by atoms with Gasteiger partial charge in [0, 0.05) is 18.3 Å². The summed E-state index contributed by atoms with van der Waals surface area (Å²) in [5, 5.41) is 0. The highest BCUT2D eigenvalue weighted by molar-refractivity contribution is 6.06. The van der Waals surface area contributed by atoms with Gasteiger partial charge in [0.15, 0.2) is 5.78 Å². The Kier molecular flexibility index (Phi) is 6.61. The number of Topliss-reactive ketones (excluding diaryl/α,β-unsaturated/α-hetero) is 2. The second-order valence-corrected chi connectivity index (χ2v) is 16.0. The van der Waals surface area contributed by atoms with E-state index in [0.717, 1.165) is 55.2 Å². The van der Waals surface area contributed by atoms with Crippen LogP contribution in [0.5, 0.6) is 0 Å². The average Bonchev–Trinajstić information content (AvgIpc) is 3.24.